The van der Waals surface area contributed by atoms with E-state index in [2.05, 4.69) is 33.4 Å². The van der Waals surface area contributed by atoms with Crippen molar-refractivity contribution < 1.29 is 9.28 Å². The van der Waals surface area contributed by atoms with Crippen LogP contribution in [0, 0.1) is 7.43 Å². The van der Waals surface area contributed by atoms with Crippen LogP contribution in [0.4, 0.5) is 0 Å². The lowest BCUT2D eigenvalue weighted by atomic mass is 10.1. The third-order valence-corrected chi connectivity index (χ3v) is 3.84. The molecule has 0 heterocycles. The minimum atomic E-state index is 0. The first kappa shape index (κ1) is 23.7. The van der Waals surface area contributed by atoms with Crippen LogP contribution in [0.1, 0.15) is 77.6 Å². The second-order valence-corrected chi connectivity index (χ2v) is 7.30. The molecule has 0 aliphatic heterocycles. The Morgan fingerprint density at radius 2 is 1.32 bits per heavy atom. The molecule has 0 unspecified atom stereocenters. The maximum Gasteiger partial charge on any atom is 0.219 e. The number of amides is 1. The standard InChI is InChI=1S/C18H38N2O.CH3/c1-5-6-7-8-9-10-11-12-13-15-18(21)19-16-14-17-20(2,3)4;/h5-17H2,1-4H3;1H3/p+1. The van der Waals surface area contributed by atoms with Crippen LogP contribution in [0.5, 0.6) is 0 Å². The molecule has 1 amide bonds. The van der Waals surface area contributed by atoms with Gasteiger partial charge in [-0.3, -0.25) is 4.79 Å². The van der Waals surface area contributed by atoms with Crippen molar-refractivity contribution in [1.29, 1.82) is 0 Å². The van der Waals surface area contributed by atoms with Gasteiger partial charge in [0.25, 0.3) is 0 Å². The molecule has 22 heavy (non-hydrogen) atoms. The van der Waals surface area contributed by atoms with E-state index >= 15 is 0 Å². The van der Waals surface area contributed by atoms with Crippen LogP contribution in [0.2, 0.25) is 0 Å². The molecule has 3 nitrogen and oxygen atoms in total. The Labute approximate surface area is 140 Å². The molecule has 0 aromatic heterocycles. The minimum Gasteiger partial charge on any atom is -0.356 e. The predicted molar refractivity (Wildman–Crippen MR) is 98.8 cm³/mol. The van der Waals surface area contributed by atoms with E-state index in [-0.39, 0.29) is 13.3 Å². The number of carbonyl (C=O) groups excluding carboxylic acids is 1. The maximum absolute atomic E-state index is 11.7. The third-order valence-electron chi connectivity index (χ3n) is 3.84. The van der Waals surface area contributed by atoms with Gasteiger partial charge in [-0.1, -0.05) is 65.7 Å². The Morgan fingerprint density at radius 1 is 0.818 bits per heavy atom. The van der Waals surface area contributed by atoms with Crippen LogP contribution < -0.4 is 5.32 Å². The zero-order chi connectivity index (χ0) is 16.0. The summed E-state index contributed by atoms with van der Waals surface area (Å²) in [7, 11) is 6.55. The van der Waals surface area contributed by atoms with Crippen molar-refractivity contribution in [3.05, 3.63) is 7.43 Å². The van der Waals surface area contributed by atoms with Gasteiger partial charge in [0.15, 0.2) is 0 Å². The first-order valence-electron chi connectivity index (χ1n) is 9.03. The first-order chi connectivity index (χ1) is 9.95. The van der Waals surface area contributed by atoms with Crippen molar-refractivity contribution >= 4 is 5.91 Å². The second kappa shape index (κ2) is 15.3. The summed E-state index contributed by atoms with van der Waals surface area (Å²) in [6.45, 7) is 4.19. The fraction of sp³-hybridized carbons (Fsp3) is 0.895. The van der Waals surface area contributed by atoms with E-state index < -0.39 is 0 Å². The second-order valence-electron chi connectivity index (χ2n) is 7.30. The molecule has 0 spiro atoms. The lowest BCUT2D eigenvalue weighted by Gasteiger charge is -2.23. The molecule has 0 aromatic rings. The summed E-state index contributed by atoms with van der Waals surface area (Å²) in [5, 5.41) is 3.03. The third kappa shape index (κ3) is 19.4. The van der Waals surface area contributed by atoms with Crippen molar-refractivity contribution in [1.82, 2.24) is 5.32 Å². The molecular weight excluding hydrogens is 272 g/mol. The number of nitrogens with zero attached hydrogens (tertiary/aromatic N) is 1. The van der Waals surface area contributed by atoms with Crippen molar-refractivity contribution in [2.24, 2.45) is 0 Å². The van der Waals surface area contributed by atoms with Gasteiger partial charge in [0.1, 0.15) is 0 Å². The quantitative estimate of drug-likeness (QED) is 0.369. The zero-order valence-electron chi connectivity index (χ0n) is 16.0. The lowest BCUT2D eigenvalue weighted by molar-refractivity contribution is -0.870. The summed E-state index contributed by atoms with van der Waals surface area (Å²) in [6, 6.07) is 0. The van der Waals surface area contributed by atoms with Crippen LogP contribution in [-0.2, 0) is 4.79 Å². The van der Waals surface area contributed by atoms with Gasteiger partial charge in [0, 0.05) is 19.4 Å². The summed E-state index contributed by atoms with van der Waals surface area (Å²) in [6.07, 6.45) is 13.5. The van der Waals surface area contributed by atoms with Crippen molar-refractivity contribution in [3.8, 4) is 0 Å². The normalized spacial score (nSPS) is 11.1. The van der Waals surface area contributed by atoms with Gasteiger partial charge in [-0.15, -0.1) is 0 Å². The van der Waals surface area contributed by atoms with E-state index in [9.17, 15) is 4.79 Å². The maximum atomic E-state index is 11.7. The Kier molecular flexibility index (Phi) is 16.5. The number of nitrogens with one attached hydrogen (secondary N) is 1. The van der Waals surface area contributed by atoms with Gasteiger partial charge in [0.2, 0.25) is 5.91 Å². The van der Waals surface area contributed by atoms with Crippen LogP contribution in [0.25, 0.3) is 0 Å². The van der Waals surface area contributed by atoms with E-state index in [1.807, 2.05) is 0 Å². The van der Waals surface area contributed by atoms with Gasteiger partial charge in [-0.2, -0.15) is 0 Å². The number of hydrogen-bond acceptors (Lipinski definition) is 1. The van der Waals surface area contributed by atoms with E-state index in [0.717, 1.165) is 30.4 Å². The highest BCUT2D eigenvalue weighted by molar-refractivity contribution is 5.75. The summed E-state index contributed by atoms with van der Waals surface area (Å²) < 4.78 is 0.966. The molecule has 0 fully saturated rings. The highest BCUT2D eigenvalue weighted by Gasteiger charge is 2.06. The Bertz CT molecular complexity index is 246. The fourth-order valence-corrected chi connectivity index (χ4v) is 2.47. The highest BCUT2D eigenvalue weighted by Crippen LogP contribution is 2.10. The van der Waals surface area contributed by atoms with Gasteiger partial charge in [0.05, 0.1) is 27.7 Å². The highest BCUT2D eigenvalue weighted by atomic mass is 16.1. The van der Waals surface area contributed by atoms with E-state index in [1.165, 1.54) is 51.4 Å². The topological polar surface area (TPSA) is 29.1 Å². The largest absolute Gasteiger partial charge is 0.356 e. The van der Waals surface area contributed by atoms with E-state index in [4.69, 9.17) is 0 Å². The molecule has 0 aliphatic carbocycles. The Morgan fingerprint density at radius 3 is 1.82 bits per heavy atom. The SMILES string of the molecule is CCCCCCCCCCCC(=O)NCCC[N+](C)(C)C.[CH3]. The number of unbranched alkanes of at least 4 members (excludes halogenated alkanes) is 8. The molecule has 0 aliphatic rings. The Balaban J connectivity index is 0. The van der Waals surface area contributed by atoms with Crippen molar-refractivity contribution in [2.75, 3.05) is 34.2 Å². The number of hydrogen-bond donors (Lipinski definition) is 1. The summed E-state index contributed by atoms with van der Waals surface area (Å²) in [5.74, 6) is 0.236. The van der Waals surface area contributed by atoms with Crippen molar-refractivity contribution in [3.63, 3.8) is 0 Å². The lowest BCUT2D eigenvalue weighted by Crippen LogP contribution is -2.37. The van der Waals surface area contributed by atoms with Crippen molar-refractivity contribution in [2.45, 2.75) is 77.6 Å². The first-order valence-corrected chi connectivity index (χ1v) is 9.03. The fourth-order valence-electron chi connectivity index (χ4n) is 2.47. The molecule has 0 bridgehead atoms. The Hall–Kier alpha value is -0.570. The number of rotatable bonds is 14. The summed E-state index contributed by atoms with van der Waals surface area (Å²) in [4.78, 5) is 11.7. The van der Waals surface area contributed by atoms with Crippen LogP contribution >= 0.6 is 0 Å². The smallest absolute Gasteiger partial charge is 0.219 e. The molecule has 0 atom stereocenters. The van der Waals surface area contributed by atoms with E-state index in [1.54, 1.807) is 0 Å². The molecular formula is C19H42N2O+. The molecule has 1 radical (unpaired) electrons. The molecule has 0 rings (SSSR count). The molecule has 1 N–H and O–H groups in total. The molecule has 3 heteroatoms. The van der Waals surface area contributed by atoms with Crippen LogP contribution in [0.3, 0.4) is 0 Å². The van der Waals surface area contributed by atoms with Crippen LogP contribution in [-0.4, -0.2) is 44.6 Å². The average molecular weight is 315 g/mol. The predicted octanol–water partition coefficient (Wildman–Crippen LogP) is 4.57. The minimum absolute atomic E-state index is 0. The van der Waals surface area contributed by atoms with Gasteiger partial charge in [-0.25, -0.2) is 0 Å². The average Bonchev–Trinajstić information content (AvgIpc) is 2.41. The van der Waals surface area contributed by atoms with E-state index in [0.29, 0.717) is 6.42 Å². The molecule has 0 aromatic carbocycles. The van der Waals surface area contributed by atoms with Crippen LogP contribution in [0.15, 0.2) is 0 Å². The van der Waals surface area contributed by atoms with Gasteiger partial charge in [-0.05, 0) is 6.42 Å². The van der Waals surface area contributed by atoms with Gasteiger partial charge >= 0.3 is 0 Å². The molecule has 0 saturated heterocycles. The molecule has 133 valence electrons. The molecule has 0 saturated carbocycles. The summed E-state index contributed by atoms with van der Waals surface area (Å²) in [5.41, 5.74) is 0. The van der Waals surface area contributed by atoms with Gasteiger partial charge < -0.3 is 9.80 Å². The zero-order valence-corrected chi connectivity index (χ0v) is 16.0. The number of quaternary nitrogens is 1. The summed E-state index contributed by atoms with van der Waals surface area (Å²) >= 11 is 0. The number of carbonyl (C=O) groups is 1. The monoisotopic (exact) mass is 314 g/mol.